The van der Waals surface area contributed by atoms with Crippen LogP contribution in [0.25, 0.3) is 22.4 Å². The number of nitrogens with zero attached hydrogens (tertiary/aromatic N) is 2. The zero-order valence-corrected chi connectivity index (χ0v) is 14.5. The van der Waals surface area contributed by atoms with Gasteiger partial charge in [-0.2, -0.15) is 5.26 Å². The van der Waals surface area contributed by atoms with Crippen molar-refractivity contribution < 1.29 is 0 Å². The molecular formula is C22H19N3O. The largest absolute Gasteiger partial charge is 0.328 e. The second-order valence-electron chi connectivity index (χ2n) is 6.62. The quantitative estimate of drug-likeness (QED) is 0.709. The van der Waals surface area contributed by atoms with Crippen LogP contribution in [0.4, 0.5) is 0 Å². The van der Waals surface area contributed by atoms with Gasteiger partial charge in [0.25, 0.3) is 0 Å². The third-order valence-electron chi connectivity index (χ3n) is 4.96. The number of aromatic nitrogens is 2. The second kappa shape index (κ2) is 6.97. The van der Waals surface area contributed by atoms with Crippen LogP contribution < -0.4 is 5.56 Å². The summed E-state index contributed by atoms with van der Waals surface area (Å²) in [7, 11) is 0. The molecule has 0 atom stereocenters. The molecule has 1 aliphatic rings. The first-order valence-electron chi connectivity index (χ1n) is 8.98. The summed E-state index contributed by atoms with van der Waals surface area (Å²) in [4.78, 5) is 19.2. The highest BCUT2D eigenvalue weighted by molar-refractivity contribution is 5.82. The maximum Gasteiger partial charge on any atom is 0.247 e. The molecule has 0 spiro atoms. The molecule has 4 nitrogen and oxygen atoms in total. The Morgan fingerprint density at radius 3 is 2.50 bits per heavy atom. The molecule has 2 aromatic heterocycles. The normalized spacial score (nSPS) is 13.5. The molecule has 26 heavy (non-hydrogen) atoms. The minimum absolute atomic E-state index is 0.143. The number of hydrogen-bond acceptors (Lipinski definition) is 3. The number of hydrogen-bond donors (Lipinski definition) is 1. The molecular weight excluding hydrogens is 322 g/mol. The highest BCUT2D eigenvalue weighted by Crippen LogP contribution is 2.37. The Labute approximate surface area is 152 Å². The van der Waals surface area contributed by atoms with E-state index in [0.29, 0.717) is 5.56 Å². The van der Waals surface area contributed by atoms with Crippen LogP contribution in [-0.4, -0.2) is 9.97 Å². The SMILES string of the molecule is N#Cc1c(-c2ccccc2)nc2c(c1-c1ccc(=O)[nH]c1)CCCCC2. The van der Waals surface area contributed by atoms with E-state index in [1.807, 2.05) is 30.3 Å². The molecule has 0 amide bonds. The third-order valence-corrected chi connectivity index (χ3v) is 4.96. The van der Waals surface area contributed by atoms with Crippen molar-refractivity contribution in [1.29, 1.82) is 5.26 Å². The Morgan fingerprint density at radius 1 is 0.962 bits per heavy atom. The van der Waals surface area contributed by atoms with E-state index < -0.39 is 0 Å². The summed E-state index contributed by atoms with van der Waals surface area (Å²) < 4.78 is 0. The van der Waals surface area contributed by atoms with Crippen LogP contribution in [0.5, 0.6) is 0 Å². The molecule has 0 saturated carbocycles. The molecule has 1 N–H and O–H groups in total. The fourth-order valence-corrected chi connectivity index (χ4v) is 3.72. The standard InChI is InChI=1S/C22H19N3O/c23-13-18-21(16-11-12-20(26)24-14-16)17-9-5-2-6-10-19(17)25-22(18)15-7-3-1-4-8-15/h1,3-4,7-8,11-12,14H,2,5-6,9-10H2,(H,24,26). The molecule has 1 aliphatic carbocycles. The monoisotopic (exact) mass is 341 g/mol. The highest BCUT2D eigenvalue weighted by Gasteiger charge is 2.22. The van der Waals surface area contributed by atoms with Crippen molar-refractivity contribution >= 4 is 0 Å². The molecule has 4 heteroatoms. The number of benzene rings is 1. The lowest BCUT2D eigenvalue weighted by molar-refractivity contribution is 0.709. The van der Waals surface area contributed by atoms with Gasteiger partial charge in [0, 0.05) is 29.1 Å². The van der Waals surface area contributed by atoms with Gasteiger partial charge in [0.2, 0.25) is 5.56 Å². The predicted octanol–water partition coefficient (Wildman–Crippen LogP) is 4.24. The van der Waals surface area contributed by atoms with Crippen molar-refractivity contribution in [3.8, 4) is 28.5 Å². The summed E-state index contributed by atoms with van der Waals surface area (Å²) >= 11 is 0. The topological polar surface area (TPSA) is 69.5 Å². The fourth-order valence-electron chi connectivity index (χ4n) is 3.72. The summed E-state index contributed by atoms with van der Waals surface area (Å²) in [6.07, 6.45) is 6.94. The molecule has 2 heterocycles. The van der Waals surface area contributed by atoms with Crippen molar-refractivity contribution in [2.45, 2.75) is 32.1 Å². The number of aryl methyl sites for hydroxylation is 1. The van der Waals surface area contributed by atoms with Crippen molar-refractivity contribution in [3.63, 3.8) is 0 Å². The van der Waals surface area contributed by atoms with Crippen LogP contribution in [0, 0.1) is 11.3 Å². The van der Waals surface area contributed by atoms with E-state index in [9.17, 15) is 10.1 Å². The first-order chi connectivity index (χ1) is 12.8. The average Bonchev–Trinajstić information content (AvgIpc) is 2.93. The zero-order valence-electron chi connectivity index (χ0n) is 14.5. The summed E-state index contributed by atoms with van der Waals surface area (Å²) in [5, 5.41) is 9.99. The summed E-state index contributed by atoms with van der Waals surface area (Å²) in [6.45, 7) is 0. The molecule has 3 aromatic rings. The van der Waals surface area contributed by atoms with E-state index in [1.165, 1.54) is 12.5 Å². The van der Waals surface area contributed by atoms with Gasteiger partial charge in [0.1, 0.15) is 6.07 Å². The first-order valence-corrected chi connectivity index (χ1v) is 8.98. The lowest BCUT2D eigenvalue weighted by atomic mass is 9.90. The number of H-pyrrole nitrogens is 1. The third kappa shape index (κ3) is 2.93. The Hall–Kier alpha value is -3.19. The molecule has 128 valence electrons. The van der Waals surface area contributed by atoms with E-state index in [2.05, 4.69) is 11.1 Å². The van der Waals surface area contributed by atoms with Crippen molar-refractivity contribution in [3.05, 3.63) is 75.8 Å². The van der Waals surface area contributed by atoms with Crippen LogP contribution in [0.2, 0.25) is 0 Å². The van der Waals surface area contributed by atoms with Gasteiger partial charge in [-0.05, 0) is 42.9 Å². The molecule has 0 fully saturated rings. The smallest absolute Gasteiger partial charge is 0.247 e. The van der Waals surface area contributed by atoms with Gasteiger partial charge < -0.3 is 4.98 Å². The van der Waals surface area contributed by atoms with E-state index in [4.69, 9.17) is 4.98 Å². The molecule has 0 aliphatic heterocycles. The fraction of sp³-hybridized carbons (Fsp3) is 0.227. The lowest BCUT2D eigenvalue weighted by Gasteiger charge is -2.17. The summed E-state index contributed by atoms with van der Waals surface area (Å²) in [5.74, 6) is 0. The van der Waals surface area contributed by atoms with Gasteiger partial charge in [-0.15, -0.1) is 0 Å². The van der Waals surface area contributed by atoms with Crippen LogP contribution in [0.1, 0.15) is 36.1 Å². The number of aromatic amines is 1. The second-order valence-corrected chi connectivity index (χ2v) is 6.62. The number of nitriles is 1. The molecule has 0 bridgehead atoms. The molecule has 0 unspecified atom stereocenters. The zero-order chi connectivity index (χ0) is 17.9. The minimum atomic E-state index is -0.143. The lowest BCUT2D eigenvalue weighted by Crippen LogP contribution is -2.07. The van der Waals surface area contributed by atoms with Crippen molar-refractivity contribution in [2.75, 3.05) is 0 Å². The van der Waals surface area contributed by atoms with Crippen molar-refractivity contribution in [1.82, 2.24) is 9.97 Å². The van der Waals surface area contributed by atoms with Gasteiger partial charge in [-0.25, -0.2) is 0 Å². The molecule has 0 saturated heterocycles. The molecule has 4 rings (SSSR count). The highest BCUT2D eigenvalue weighted by atomic mass is 16.1. The van der Waals surface area contributed by atoms with Gasteiger partial charge in [0.15, 0.2) is 0 Å². The van der Waals surface area contributed by atoms with Gasteiger partial charge in [-0.1, -0.05) is 36.8 Å². The number of fused-ring (bicyclic) bond motifs is 1. The van der Waals surface area contributed by atoms with Crippen LogP contribution >= 0.6 is 0 Å². The first kappa shape index (κ1) is 16.3. The van der Waals surface area contributed by atoms with Gasteiger partial charge in [0.05, 0.1) is 11.3 Å². The Kier molecular flexibility index (Phi) is 4.37. The predicted molar refractivity (Wildman–Crippen MR) is 102 cm³/mol. The van der Waals surface area contributed by atoms with E-state index in [0.717, 1.165) is 59.3 Å². The maximum absolute atomic E-state index is 11.5. The van der Waals surface area contributed by atoms with Gasteiger partial charge >= 0.3 is 0 Å². The Balaban J connectivity index is 2.05. The van der Waals surface area contributed by atoms with E-state index in [-0.39, 0.29) is 5.56 Å². The van der Waals surface area contributed by atoms with Crippen LogP contribution in [-0.2, 0) is 12.8 Å². The summed E-state index contributed by atoms with van der Waals surface area (Å²) in [6, 6.07) is 15.6. The van der Waals surface area contributed by atoms with Crippen LogP contribution in [0.3, 0.4) is 0 Å². The molecule has 1 aromatic carbocycles. The van der Waals surface area contributed by atoms with Crippen molar-refractivity contribution in [2.24, 2.45) is 0 Å². The molecule has 0 radical (unpaired) electrons. The summed E-state index contributed by atoms with van der Waals surface area (Å²) in [5.41, 5.74) is 6.16. The maximum atomic E-state index is 11.5. The number of rotatable bonds is 2. The number of pyridine rings is 2. The Morgan fingerprint density at radius 2 is 1.77 bits per heavy atom. The van der Waals surface area contributed by atoms with Gasteiger partial charge in [-0.3, -0.25) is 9.78 Å². The van der Waals surface area contributed by atoms with E-state index in [1.54, 1.807) is 12.3 Å². The minimum Gasteiger partial charge on any atom is -0.328 e. The number of nitrogens with one attached hydrogen (secondary N) is 1. The van der Waals surface area contributed by atoms with E-state index >= 15 is 0 Å². The average molecular weight is 341 g/mol. The Bertz CT molecular complexity index is 1020. The van der Waals surface area contributed by atoms with Crippen LogP contribution in [0.15, 0.2) is 53.5 Å².